The molecule has 0 fully saturated rings. The van der Waals surface area contributed by atoms with Gasteiger partial charge < -0.3 is 0 Å². The van der Waals surface area contributed by atoms with Crippen LogP contribution in [-0.2, 0) is 0 Å². The minimum absolute atomic E-state index is 0.580. The largest absolute Gasteiger partial charge is 0.253 e. The molecule has 98 valence electrons. The molecule has 0 aliphatic heterocycles. The van der Waals surface area contributed by atoms with Gasteiger partial charge in [0.05, 0.1) is 28.8 Å². The Balaban J connectivity index is 2.16. The molecule has 0 amide bonds. The van der Waals surface area contributed by atoms with Crippen LogP contribution >= 0.6 is 28.4 Å². The molecule has 0 bridgehead atoms. The predicted octanol–water partition coefficient (Wildman–Crippen LogP) is 3.57. The number of rotatable bonds is 2. The summed E-state index contributed by atoms with van der Waals surface area (Å²) in [5.74, 6) is 2.58. The topological polar surface area (TPSA) is 43.6 Å². The van der Waals surface area contributed by atoms with Gasteiger partial charge in [0.15, 0.2) is 0 Å². The first-order valence-corrected chi connectivity index (χ1v) is 9.94. The second-order valence-corrected chi connectivity index (χ2v) is 6.33. The van der Waals surface area contributed by atoms with E-state index in [1.165, 1.54) is 0 Å². The van der Waals surface area contributed by atoms with Crippen molar-refractivity contribution < 1.29 is 0 Å². The third kappa shape index (κ3) is 2.41. The molecule has 4 nitrogen and oxygen atoms in total. The lowest BCUT2D eigenvalue weighted by atomic mass is 10.1. The minimum atomic E-state index is 0.580. The van der Waals surface area contributed by atoms with E-state index in [-0.39, 0.29) is 0 Å². The summed E-state index contributed by atoms with van der Waals surface area (Å²) < 4.78 is 1.92. The first-order valence-electron chi connectivity index (χ1n) is 5.88. The van der Waals surface area contributed by atoms with Gasteiger partial charge in [-0.05, 0) is 47.2 Å². The monoisotopic (exact) mass is 392 g/mol. The molecule has 0 saturated heterocycles. The molecule has 3 heterocycles. The van der Waals surface area contributed by atoms with Crippen LogP contribution in [0.3, 0.4) is 0 Å². The Bertz CT molecular complexity index is 835. The average Bonchev–Trinajstić information content (AvgIpc) is 2.87. The van der Waals surface area contributed by atoms with E-state index in [2.05, 4.69) is 43.0 Å². The first kappa shape index (κ1) is 13.5. The molecule has 0 radical (unpaired) electrons. The summed E-state index contributed by atoms with van der Waals surface area (Å²) >= 11 is 2.30. The van der Waals surface area contributed by atoms with Crippen LogP contribution in [0.1, 0.15) is 11.3 Å². The second-order valence-electron chi connectivity index (χ2n) is 4.26. The molecule has 3 rings (SSSR count). The number of aromatic nitrogens is 4. The molecular formula is C14H10IN4P. The van der Waals surface area contributed by atoms with Crippen molar-refractivity contribution in [1.82, 2.24) is 19.5 Å². The van der Waals surface area contributed by atoms with Crippen LogP contribution in [0.15, 0.2) is 30.6 Å². The maximum Gasteiger partial charge on any atom is 0.0906 e. The molecule has 0 aliphatic carbocycles. The van der Waals surface area contributed by atoms with Gasteiger partial charge in [0, 0.05) is 23.5 Å². The molecule has 1 atom stereocenters. The van der Waals surface area contributed by atoms with E-state index in [4.69, 9.17) is 6.42 Å². The summed E-state index contributed by atoms with van der Waals surface area (Å²) in [5, 5.41) is 4.45. The van der Waals surface area contributed by atoms with Crippen LogP contribution in [-0.4, -0.2) is 19.5 Å². The Kier molecular flexibility index (Phi) is 3.68. The van der Waals surface area contributed by atoms with Gasteiger partial charge >= 0.3 is 0 Å². The van der Waals surface area contributed by atoms with Crippen LogP contribution in [0, 0.1) is 19.3 Å². The molecule has 3 aromatic heterocycles. The van der Waals surface area contributed by atoms with E-state index >= 15 is 0 Å². The maximum absolute atomic E-state index is 5.40. The predicted molar refractivity (Wildman–Crippen MR) is 91.2 cm³/mol. The first-order chi connectivity index (χ1) is 9.71. The van der Waals surface area contributed by atoms with Gasteiger partial charge in [0.25, 0.3) is 0 Å². The number of halogens is 1. The Morgan fingerprint density at radius 1 is 1.35 bits per heavy atom. The van der Waals surface area contributed by atoms with E-state index in [9.17, 15) is 0 Å². The highest BCUT2D eigenvalue weighted by molar-refractivity contribution is 14.2. The summed E-state index contributed by atoms with van der Waals surface area (Å²) in [6.07, 6.45) is 9.69. The summed E-state index contributed by atoms with van der Waals surface area (Å²) in [4.78, 5) is 8.96. The molecule has 0 saturated carbocycles. The van der Waals surface area contributed by atoms with Crippen molar-refractivity contribution in [3.8, 4) is 23.6 Å². The fourth-order valence-corrected chi connectivity index (χ4v) is 3.10. The maximum atomic E-state index is 5.40. The summed E-state index contributed by atoms with van der Waals surface area (Å²) in [7, 11) is 0. The molecule has 20 heavy (non-hydrogen) atoms. The quantitative estimate of drug-likeness (QED) is 0.381. The van der Waals surface area contributed by atoms with E-state index in [0.717, 1.165) is 33.5 Å². The van der Waals surface area contributed by atoms with Gasteiger partial charge in [0.1, 0.15) is 0 Å². The van der Waals surface area contributed by atoms with Crippen molar-refractivity contribution in [1.29, 1.82) is 0 Å². The number of aryl methyl sites for hydroxylation is 1. The average molecular weight is 392 g/mol. The molecule has 1 unspecified atom stereocenters. The van der Waals surface area contributed by atoms with Crippen LogP contribution in [0.5, 0.6) is 0 Å². The normalized spacial score (nSPS) is 11.2. The van der Waals surface area contributed by atoms with Crippen LogP contribution in [0.25, 0.3) is 22.3 Å². The Morgan fingerprint density at radius 3 is 2.90 bits per heavy atom. The molecular weight excluding hydrogens is 382 g/mol. The number of hydrogen-bond acceptors (Lipinski definition) is 3. The molecule has 0 aliphatic rings. The number of hydrogen-bond donors (Lipinski definition) is 0. The zero-order chi connectivity index (χ0) is 14.1. The van der Waals surface area contributed by atoms with Crippen LogP contribution in [0.2, 0.25) is 0 Å². The van der Waals surface area contributed by atoms with Crippen molar-refractivity contribution in [2.24, 2.45) is 0 Å². The Labute approximate surface area is 131 Å². The van der Waals surface area contributed by atoms with E-state index in [1.807, 2.05) is 35.8 Å². The van der Waals surface area contributed by atoms with Crippen molar-refractivity contribution >= 4 is 39.4 Å². The van der Waals surface area contributed by atoms with E-state index < -0.39 is 0 Å². The standard InChI is InChI=1S/C14H10IN4P/c1-3-10-6-14-13(16-7-10)5-4-12(17-14)11-8-19(20-15)18-9(11)2/h1,4-8,20H,2H3. The van der Waals surface area contributed by atoms with E-state index in [1.54, 1.807) is 6.20 Å². The van der Waals surface area contributed by atoms with Crippen LogP contribution < -0.4 is 0 Å². The molecule has 0 aromatic carbocycles. The van der Waals surface area contributed by atoms with Gasteiger partial charge in [-0.3, -0.25) is 4.98 Å². The van der Waals surface area contributed by atoms with Gasteiger partial charge in [-0.25, -0.2) is 9.44 Å². The smallest absolute Gasteiger partial charge is 0.0906 e. The fourth-order valence-electron chi connectivity index (χ4n) is 1.99. The van der Waals surface area contributed by atoms with Gasteiger partial charge in [-0.15, -0.1) is 6.42 Å². The fraction of sp³-hybridized carbons (Fsp3) is 0.0714. The highest BCUT2D eigenvalue weighted by Crippen LogP contribution is 2.29. The van der Waals surface area contributed by atoms with Gasteiger partial charge in [0.2, 0.25) is 0 Å². The lowest BCUT2D eigenvalue weighted by Crippen LogP contribution is -1.89. The molecule has 0 spiro atoms. The summed E-state index contributed by atoms with van der Waals surface area (Å²) in [5.41, 5.74) is 5.30. The van der Waals surface area contributed by atoms with Gasteiger partial charge in [-0.2, -0.15) is 5.10 Å². The zero-order valence-electron chi connectivity index (χ0n) is 10.6. The Morgan fingerprint density at radius 2 is 2.20 bits per heavy atom. The van der Waals surface area contributed by atoms with Crippen molar-refractivity contribution in [2.45, 2.75) is 6.92 Å². The van der Waals surface area contributed by atoms with Crippen LogP contribution in [0.4, 0.5) is 0 Å². The SMILES string of the molecule is C#Cc1cnc2ccc(-c3cn(PI)nc3C)nc2c1. The highest BCUT2D eigenvalue weighted by Gasteiger charge is 2.09. The number of fused-ring (bicyclic) bond motifs is 1. The minimum Gasteiger partial charge on any atom is -0.253 e. The number of nitrogens with zero attached hydrogens (tertiary/aromatic N) is 4. The third-order valence-corrected chi connectivity index (χ3v) is 4.85. The summed E-state index contributed by atoms with van der Waals surface area (Å²) in [6, 6.07) is 5.81. The molecule has 6 heteroatoms. The number of terminal acetylenes is 1. The van der Waals surface area contributed by atoms with Gasteiger partial charge in [-0.1, -0.05) is 5.92 Å². The lowest BCUT2D eigenvalue weighted by molar-refractivity contribution is 0.979. The Hall–Kier alpha value is -1.51. The second kappa shape index (κ2) is 5.47. The third-order valence-electron chi connectivity index (χ3n) is 2.97. The van der Waals surface area contributed by atoms with E-state index in [0.29, 0.717) is 6.37 Å². The van der Waals surface area contributed by atoms with Crippen molar-refractivity contribution in [3.63, 3.8) is 0 Å². The van der Waals surface area contributed by atoms with Crippen molar-refractivity contribution in [3.05, 3.63) is 41.9 Å². The number of pyridine rings is 2. The zero-order valence-corrected chi connectivity index (χ0v) is 13.8. The molecule has 0 N–H and O–H groups in total. The van der Waals surface area contributed by atoms with Crippen molar-refractivity contribution in [2.75, 3.05) is 0 Å². The highest BCUT2D eigenvalue weighted by atomic mass is 127. The lowest BCUT2D eigenvalue weighted by Gasteiger charge is -2.02. The summed E-state index contributed by atoms with van der Waals surface area (Å²) in [6.45, 7) is 1.99. The molecule has 3 aromatic rings.